The second-order valence-corrected chi connectivity index (χ2v) is 8.60. The zero-order valence-electron chi connectivity index (χ0n) is 15.8. The van der Waals surface area contributed by atoms with Gasteiger partial charge in [0.2, 0.25) is 5.75 Å². The van der Waals surface area contributed by atoms with Crippen LogP contribution in [-0.4, -0.2) is 36.9 Å². The van der Waals surface area contributed by atoms with E-state index in [1.54, 1.807) is 45.2 Å². The average Bonchev–Trinajstić information content (AvgIpc) is 2.66. The summed E-state index contributed by atoms with van der Waals surface area (Å²) in [6.07, 6.45) is 0. The van der Waals surface area contributed by atoms with E-state index in [9.17, 15) is 8.42 Å². The van der Waals surface area contributed by atoms with Crippen LogP contribution in [0, 0.1) is 0 Å². The molecule has 2 aromatic rings. The summed E-state index contributed by atoms with van der Waals surface area (Å²) in [5.74, 6) is 1.58. The molecule has 2 rings (SSSR count). The number of methoxy groups -OCH3 is 4. The van der Waals surface area contributed by atoms with Crippen LogP contribution in [0.4, 0.5) is 0 Å². The zero-order valence-corrected chi connectivity index (χ0v) is 16.6. The van der Waals surface area contributed by atoms with Crippen molar-refractivity contribution in [3.05, 3.63) is 42.0 Å². The molecule has 0 saturated carbocycles. The molecule has 6 nitrogen and oxygen atoms in total. The van der Waals surface area contributed by atoms with E-state index in [-0.39, 0.29) is 16.4 Å². The molecule has 0 aliphatic heterocycles. The van der Waals surface area contributed by atoms with Crippen molar-refractivity contribution in [3.63, 3.8) is 0 Å². The Hall–Kier alpha value is -2.41. The van der Waals surface area contributed by atoms with Gasteiger partial charge in [-0.3, -0.25) is 0 Å². The average molecular weight is 380 g/mol. The van der Waals surface area contributed by atoms with Gasteiger partial charge in [-0.15, -0.1) is 0 Å². The molecule has 0 aliphatic rings. The van der Waals surface area contributed by atoms with Gasteiger partial charge in [-0.2, -0.15) is 0 Å². The highest BCUT2D eigenvalue weighted by Crippen LogP contribution is 2.43. The van der Waals surface area contributed by atoms with E-state index in [0.29, 0.717) is 17.1 Å². The predicted octanol–water partition coefficient (Wildman–Crippen LogP) is 3.43. The standard InChI is InChI=1S/C19H24O6S/c1-19(2,13-7-9-14(22-3)10-8-13)26(20,21)15-11-16(23-4)18(25-6)17(12-15)24-5/h7-12H,1-6H3. The van der Waals surface area contributed by atoms with Crippen LogP contribution in [-0.2, 0) is 14.6 Å². The highest BCUT2D eigenvalue weighted by molar-refractivity contribution is 7.92. The molecule has 26 heavy (non-hydrogen) atoms. The van der Waals surface area contributed by atoms with Crippen molar-refractivity contribution in [1.82, 2.24) is 0 Å². The molecule has 0 saturated heterocycles. The van der Waals surface area contributed by atoms with E-state index in [1.165, 1.54) is 33.5 Å². The Kier molecular flexibility index (Phi) is 5.71. The maximum absolute atomic E-state index is 13.4. The lowest BCUT2D eigenvalue weighted by molar-refractivity contribution is 0.322. The Labute approximate surface area is 154 Å². The fourth-order valence-corrected chi connectivity index (χ4v) is 4.21. The van der Waals surface area contributed by atoms with Gasteiger partial charge in [-0.1, -0.05) is 12.1 Å². The lowest BCUT2D eigenvalue weighted by atomic mass is 10.0. The first-order chi connectivity index (χ1) is 12.2. The summed E-state index contributed by atoms with van der Waals surface area (Å²) >= 11 is 0. The van der Waals surface area contributed by atoms with Crippen molar-refractivity contribution < 1.29 is 27.4 Å². The summed E-state index contributed by atoms with van der Waals surface area (Å²) in [4.78, 5) is 0.0906. The van der Waals surface area contributed by atoms with Crippen LogP contribution < -0.4 is 18.9 Å². The predicted molar refractivity (Wildman–Crippen MR) is 99.3 cm³/mol. The molecule has 0 N–H and O–H groups in total. The van der Waals surface area contributed by atoms with Crippen molar-refractivity contribution in [3.8, 4) is 23.0 Å². The van der Waals surface area contributed by atoms with Crippen LogP contribution in [0.2, 0.25) is 0 Å². The molecule has 0 bridgehead atoms. The fraction of sp³-hybridized carbons (Fsp3) is 0.368. The third kappa shape index (κ3) is 3.31. The molecule has 0 heterocycles. The van der Waals surface area contributed by atoms with Gasteiger partial charge in [0, 0.05) is 12.1 Å². The smallest absolute Gasteiger partial charge is 0.203 e. The van der Waals surface area contributed by atoms with E-state index >= 15 is 0 Å². The summed E-state index contributed by atoms with van der Waals surface area (Å²) in [6.45, 7) is 3.32. The van der Waals surface area contributed by atoms with Crippen LogP contribution in [0.5, 0.6) is 23.0 Å². The van der Waals surface area contributed by atoms with Crippen molar-refractivity contribution in [2.45, 2.75) is 23.5 Å². The maximum Gasteiger partial charge on any atom is 0.203 e. The molecule has 0 spiro atoms. The summed E-state index contributed by atoms with van der Waals surface area (Å²) in [5.41, 5.74) is 0.645. The Morgan fingerprint density at radius 3 is 1.65 bits per heavy atom. The minimum Gasteiger partial charge on any atom is -0.497 e. The first kappa shape index (κ1) is 19.9. The quantitative estimate of drug-likeness (QED) is 0.733. The van der Waals surface area contributed by atoms with Gasteiger partial charge in [-0.25, -0.2) is 8.42 Å². The number of hydrogen-bond acceptors (Lipinski definition) is 6. The van der Waals surface area contributed by atoms with E-state index in [0.717, 1.165) is 0 Å². The largest absolute Gasteiger partial charge is 0.497 e. The van der Waals surface area contributed by atoms with Gasteiger partial charge in [0.05, 0.1) is 38.1 Å². The fourth-order valence-electron chi connectivity index (χ4n) is 2.65. The second kappa shape index (κ2) is 7.45. The van der Waals surface area contributed by atoms with E-state index in [1.807, 2.05) is 0 Å². The Morgan fingerprint density at radius 1 is 0.769 bits per heavy atom. The Bertz CT molecular complexity index is 844. The van der Waals surface area contributed by atoms with Crippen molar-refractivity contribution in [2.24, 2.45) is 0 Å². The van der Waals surface area contributed by atoms with Gasteiger partial charge in [0.15, 0.2) is 21.3 Å². The number of sulfone groups is 1. The number of rotatable bonds is 7. The maximum atomic E-state index is 13.4. The minimum atomic E-state index is -3.76. The molecule has 0 unspecified atom stereocenters. The molecule has 0 aromatic heterocycles. The third-order valence-corrected chi connectivity index (χ3v) is 6.84. The van der Waals surface area contributed by atoms with Crippen LogP contribution in [0.15, 0.2) is 41.3 Å². The van der Waals surface area contributed by atoms with Crippen molar-refractivity contribution in [1.29, 1.82) is 0 Å². The molecule has 7 heteroatoms. The SMILES string of the molecule is COc1ccc(C(C)(C)S(=O)(=O)c2cc(OC)c(OC)c(OC)c2)cc1. The monoisotopic (exact) mass is 380 g/mol. The van der Waals surface area contributed by atoms with Gasteiger partial charge < -0.3 is 18.9 Å². The van der Waals surface area contributed by atoms with Gasteiger partial charge in [0.25, 0.3) is 0 Å². The van der Waals surface area contributed by atoms with Crippen LogP contribution in [0.3, 0.4) is 0 Å². The summed E-state index contributed by atoms with van der Waals surface area (Å²) < 4.78 is 46.5. The van der Waals surface area contributed by atoms with Crippen molar-refractivity contribution >= 4 is 9.84 Å². The van der Waals surface area contributed by atoms with E-state index in [4.69, 9.17) is 18.9 Å². The van der Waals surface area contributed by atoms with E-state index in [2.05, 4.69) is 0 Å². The highest BCUT2D eigenvalue weighted by atomic mass is 32.2. The normalized spacial score (nSPS) is 11.8. The van der Waals surface area contributed by atoms with Gasteiger partial charge in [-0.05, 0) is 31.5 Å². The first-order valence-electron chi connectivity index (χ1n) is 7.92. The molecule has 142 valence electrons. The van der Waals surface area contributed by atoms with Gasteiger partial charge in [0.1, 0.15) is 5.75 Å². The lowest BCUT2D eigenvalue weighted by Crippen LogP contribution is -2.29. The molecule has 0 fully saturated rings. The summed E-state index contributed by atoms with van der Waals surface area (Å²) in [6, 6.07) is 9.86. The minimum absolute atomic E-state index is 0.0906. The molecule has 0 amide bonds. The van der Waals surface area contributed by atoms with Crippen LogP contribution >= 0.6 is 0 Å². The van der Waals surface area contributed by atoms with Crippen LogP contribution in [0.25, 0.3) is 0 Å². The second-order valence-electron chi connectivity index (χ2n) is 6.10. The summed E-state index contributed by atoms with van der Waals surface area (Å²) in [5, 5.41) is 0. The number of hydrogen-bond donors (Lipinski definition) is 0. The molecular formula is C19H24O6S. The highest BCUT2D eigenvalue weighted by Gasteiger charge is 2.38. The molecule has 0 aliphatic carbocycles. The van der Waals surface area contributed by atoms with Crippen molar-refractivity contribution in [2.75, 3.05) is 28.4 Å². The molecule has 0 radical (unpaired) electrons. The van der Waals surface area contributed by atoms with Gasteiger partial charge >= 0.3 is 0 Å². The number of ether oxygens (including phenoxy) is 4. The zero-order chi connectivity index (χ0) is 19.5. The first-order valence-corrected chi connectivity index (χ1v) is 9.40. The molecular weight excluding hydrogens is 356 g/mol. The van der Waals surface area contributed by atoms with Crippen LogP contribution in [0.1, 0.15) is 19.4 Å². The summed E-state index contributed by atoms with van der Waals surface area (Å²) in [7, 11) is 2.17. The Morgan fingerprint density at radius 2 is 1.27 bits per heavy atom. The lowest BCUT2D eigenvalue weighted by Gasteiger charge is -2.26. The molecule has 2 aromatic carbocycles. The number of benzene rings is 2. The third-order valence-electron chi connectivity index (χ3n) is 4.41. The Balaban J connectivity index is 2.61. The molecule has 0 atom stereocenters. The topological polar surface area (TPSA) is 71.1 Å². The van der Waals surface area contributed by atoms with E-state index < -0.39 is 14.6 Å².